The van der Waals surface area contributed by atoms with Gasteiger partial charge in [-0.05, 0) is 44.8 Å². The van der Waals surface area contributed by atoms with Crippen molar-refractivity contribution in [3.05, 3.63) is 47.3 Å². The van der Waals surface area contributed by atoms with Gasteiger partial charge in [-0.1, -0.05) is 23.4 Å². The predicted molar refractivity (Wildman–Crippen MR) is 99.9 cm³/mol. The molecule has 5 heterocycles. The number of hydrogen-bond acceptors (Lipinski definition) is 5. The molecular weight excluding hydrogens is 342 g/mol. The van der Waals surface area contributed by atoms with Crippen LogP contribution >= 0.6 is 0 Å². The number of fused-ring (bicyclic) bond motifs is 2. The van der Waals surface area contributed by atoms with Gasteiger partial charge in [-0.2, -0.15) is 0 Å². The highest BCUT2D eigenvalue weighted by molar-refractivity contribution is 5.95. The van der Waals surface area contributed by atoms with Gasteiger partial charge in [0, 0.05) is 24.1 Å². The molecule has 6 nitrogen and oxygen atoms in total. The fraction of sp³-hybridized carbons (Fsp3) is 0.524. The maximum absolute atomic E-state index is 13.4. The fourth-order valence-corrected chi connectivity index (χ4v) is 5.56. The lowest BCUT2D eigenvalue weighted by atomic mass is 9.75. The minimum absolute atomic E-state index is 0.0508. The Hall–Kier alpha value is -2.34. The van der Waals surface area contributed by atoms with Crippen molar-refractivity contribution in [1.29, 1.82) is 0 Å². The molecule has 0 aliphatic carbocycles. The van der Waals surface area contributed by atoms with Crippen molar-refractivity contribution in [3.8, 4) is 5.75 Å². The lowest BCUT2D eigenvalue weighted by Crippen LogP contribution is -2.60. The zero-order chi connectivity index (χ0) is 18.5. The maximum atomic E-state index is 13.4. The number of amides is 1. The summed E-state index contributed by atoms with van der Waals surface area (Å²) >= 11 is 0. The minimum Gasteiger partial charge on any atom is -0.496 e. The van der Waals surface area contributed by atoms with Gasteiger partial charge in [0.2, 0.25) is 0 Å². The fourth-order valence-electron chi connectivity index (χ4n) is 5.56. The van der Waals surface area contributed by atoms with Crippen LogP contribution in [0.3, 0.4) is 0 Å². The van der Waals surface area contributed by atoms with Crippen LogP contribution in [-0.4, -0.2) is 59.7 Å². The Kier molecular flexibility index (Phi) is 3.97. The third-order valence-electron chi connectivity index (χ3n) is 6.77. The molecule has 4 fully saturated rings. The van der Waals surface area contributed by atoms with Crippen molar-refractivity contribution in [2.45, 2.75) is 37.8 Å². The molecule has 27 heavy (non-hydrogen) atoms. The highest BCUT2D eigenvalue weighted by Crippen LogP contribution is 2.48. The molecule has 0 unspecified atom stereocenters. The Morgan fingerprint density at radius 3 is 2.70 bits per heavy atom. The molecule has 1 amide bonds. The number of para-hydroxylation sites is 1. The summed E-state index contributed by atoms with van der Waals surface area (Å²) in [5.74, 6) is 2.40. The van der Waals surface area contributed by atoms with Gasteiger partial charge in [0.1, 0.15) is 17.1 Å². The number of methoxy groups -OCH3 is 1. The van der Waals surface area contributed by atoms with Crippen molar-refractivity contribution in [2.75, 3.05) is 26.7 Å². The van der Waals surface area contributed by atoms with Crippen molar-refractivity contribution in [3.63, 3.8) is 0 Å². The number of aromatic nitrogens is 1. The summed E-state index contributed by atoms with van der Waals surface area (Å²) < 4.78 is 10.8. The molecule has 0 N–H and O–H groups in total. The van der Waals surface area contributed by atoms with E-state index in [4.69, 9.17) is 9.26 Å². The summed E-state index contributed by atoms with van der Waals surface area (Å²) in [5, 5.41) is 3.82. The standard InChI is InChI=1S/C21H25N3O3/c1-13-16(11-22-27-13)21(25)24-12-17(15-5-3-4-6-18(15)26-2)20-19(24)14-7-9-23(20)10-8-14/h3-6,11,14,17,19-20H,7-10,12H2,1-2H3/t17-,19+,20+/m0/s1. The first kappa shape index (κ1) is 16.8. The van der Waals surface area contributed by atoms with E-state index in [-0.39, 0.29) is 17.9 Å². The van der Waals surface area contributed by atoms with Crippen molar-refractivity contribution >= 4 is 5.91 Å². The topological polar surface area (TPSA) is 58.8 Å². The number of aryl methyl sites for hydroxylation is 1. The van der Waals surface area contributed by atoms with Gasteiger partial charge < -0.3 is 14.2 Å². The van der Waals surface area contributed by atoms with Crippen molar-refractivity contribution < 1.29 is 14.1 Å². The second-order valence-corrected chi connectivity index (χ2v) is 7.96. The third-order valence-corrected chi connectivity index (χ3v) is 6.77. The smallest absolute Gasteiger partial charge is 0.259 e. The van der Waals surface area contributed by atoms with E-state index in [1.807, 2.05) is 19.1 Å². The molecular formula is C21H25N3O3. The van der Waals surface area contributed by atoms with Crippen LogP contribution in [0.15, 0.2) is 35.0 Å². The van der Waals surface area contributed by atoms with E-state index in [9.17, 15) is 4.79 Å². The van der Waals surface area contributed by atoms with Crippen LogP contribution in [0, 0.1) is 12.8 Å². The Morgan fingerprint density at radius 1 is 1.22 bits per heavy atom. The van der Waals surface area contributed by atoms with E-state index in [1.54, 1.807) is 13.3 Å². The van der Waals surface area contributed by atoms with E-state index in [1.165, 1.54) is 18.4 Å². The molecule has 1 aromatic carbocycles. The normalized spacial score (nSPS) is 31.8. The number of nitrogens with zero attached hydrogens (tertiary/aromatic N) is 3. The van der Waals surface area contributed by atoms with Crippen LogP contribution < -0.4 is 4.74 Å². The van der Waals surface area contributed by atoms with Crippen LogP contribution in [0.25, 0.3) is 0 Å². The number of hydrogen-bond donors (Lipinski definition) is 0. The van der Waals surface area contributed by atoms with E-state index in [0.29, 0.717) is 29.8 Å². The van der Waals surface area contributed by atoms with Crippen LogP contribution in [0.2, 0.25) is 0 Å². The second-order valence-electron chi connectivity index (χ2n) is 7.96. The van der Waals surface area contributed by atoms with Gasteiger partial charge in [-0.15, -0.1) is 0 Å². The zero-order valence-corrected chi connectivity index (χ0v) is 15.8. The lowest BCUT2D eigenvalue weighted by Gasteiger charge is -2.51. The van der Waals surface area contributed by atoms with E-state index in [0.717, 1.165) is 18.8 Å². The summed E-state index contributed by atoms with van der Waals surface area (Å²) in [4.78, 5) is 18.1. The third kappa shape index (κ3) is 2.50. The highest BCUT2D eigenvalue weighted by Gasteiger charge is 2.55. The molecule has 6 rings (SSSR count). The quantitative estimate of drug-likeness (QED) is 0.835. The van der Waals surface area contributed by atoms with Gasteiger partial charge in [-0.3, -0.25) is 9.69 Å². The summed E-state index contributed by atoms with van der Waals surface area (Å²) in [7, 11) is 1.72. The van der Waals surface area contributed by atoms with Crippen LogP contribution in [0.5, 0.6) is 5.75 Å². The second kappa shape index (κ2) is 6.37. The zero-order valence-electron chi connectivity index (χ0n) is 15.8. The first-order valence-electron chi connectivity index (χ1n) is 9.78. The van der Waals surface area contributed by atoms with Crippen molar-refractivity contribution in [1.82, 2.24) is 15.0 Å². The van der Waals surface area contributed by atoms with Gasteiger partial charge in [0.05, 0.1) is 19.3 Å². The molecule has 0 saturated carbocycles. The average molecular weight is 367 g/mol. The van der Waals surface area contributed by atoms with Crippen molar-refractivity contribution in [2.24, 2.45) is 5.92 Å². The molecule has 2 aromatic rings. The average Bonchev–Trinajstić information content (AvgIpc) is 3.33. The van der Waals surface area contributed by atoms with Gasteiger partial charge >= 0.3 is 0 Å². The number of rotatable bonds is 3. The summed E-state index contributed by atoms with van der Waals surface area (Å²) in [6.45, 7) is 4.78. The number of piperidine rings is 3. The largest absolute Gasteiger partial charge is 0.496 e. The summed E-state index contributed by atoms with van der Waals surface area (Å²) in [6, 6.07) is 8.86. The molecule has 142 valence electrons. The van der Waals surface area contributed by atoms with Gasteiger partial charge in [-0.25, -0.2) is 0 Å². The molecule has 4 saturated heterocycles. The first-order chi connectivity index (χ1) is 13.2. The molecule has 4 aliphatic heterocycles. The Balaban J connectivity index is 1.56. The Bertz CT molecular complexity index is 856. The SMILES string of the molecule is COc1ccccc1[C@@H]1CN(C(=O)c2cnoc2C)[C@@H]2C3CCN(CC3)[C@@H]21. The van der Waals surface area contributed by atoms with E-state index >= 15 is 0 Å². The molecule has 4 aliphatic rings. The number of likely N-dealkylation sites (tertiary alicyclic amines) is 1. The van der Waals surface area contributed by atoms with Gasteiger partial charge in [0.15, 0.2) is 0 Å². The Morgan fingerprint density at radius 2 is 2.00 bits per heavy atom. The Labute approximate surface area is 159 Å². The minimum atomic E-state index is 0.0508. The number of carbonyl (C=O) groups is 1. The molecule has 0 spiro atoms. The number of benzene rings is 1. The molecule has 2 bridgehead atoms. The molecule has 3 atom stereocenters. The van der Waals surface area contributed by atoms with Crippen LogP contribution in [0.1, 0.15) is 40.4 Å². The number of carbonyl (C=O) groups excluding carboxylic acids is 1. The predicted octanol–water partition coefficient (Wildman–Crippen LogP) is 2.69. The maximum Gasteiger partial charge on any atom is 0.259 e. The molecule has 1 aromatic heterocycles. The highest BCUT2D eigenvalue weighted by atomic mass is 16.5. The monoisotopic (exact) mass is 367 g/mol. The van der Waals surface area contributed by atoms with E-state index in [2.05, 4.69) is 27.1 Å². The van der Waals surface area contributed by atoms with Crippen LogP contribution in [-0.2, 0) is 0 Å². The summed E-state index contributed by atoms with van der Waals surface area (Å²) in [5.41, 5.74) is 1.80. The first-order valence-corrected chi connectivity index (χ1v) is 9.78. The summed E-state index contributed by atoms with van der Waals surface area (Å²) in [6.07, 6.45) is 3.91. The molecule has 6 heteroatoms. The molecule has 0 radical (unpaired) electrons. The lowest BCUT2D eigenvalue weighted by molar-refractivity contribution is -0.00355. The van der Waals surface area contributed by atoms with E-state index < -0.39 is 0 Å². The van der Waals surface area contributed by atoms with Crippen LogP contribution in [0.4, 0.5) is 0 Å². The van der Waals surface area contributed by atoms with Gasteiger partial charge in [0.25, 0.3) is 5.91 Å². The number of ether oxygens (including phenoxy) is 1.